The number of halogens is 4. The summed E-state index contributed by atoms with van der Waals surface area (Å²) in [5, 5.41) is 2.62. The normalized spacial score (nSPS) is 16.8. The lowest BCUT2D eigenvalue weighted by Crippen LogP contribution is -2.28. The van der Waals surface area contributed by atoms with Crippen LogP contribution in [0.3, 0.4) is 0 Å². The van der Waals surface area contributed by atoms with Gasteiger partial charge in [-0.25, -0.2) is 4.39 Å². The second kappa shape index (κ2) is 9.05. The Bertz CT molecular complexity index is 975. The SMILES string of the molecule is CN(C)Cc1ccc(NC(=O)[C@H]2CC(=O)N(Cc3cccc(C(F)(F)F)c3)C2)cc1F. The number of hydrogen-bond donors (Lipinski definition) is 1. The van der Waals surface area contributed by atoms with Gasteiger partial charge in [0.2, 0.25) is 11.8 Å². The van der Waals surface area contributed by atoms with Crippen molar-refractivity contribution in [2.24, 2.45) is 5.92 Å². The Morgan fingerprint density at radius 3 is 2.58 bits per heavy atom. The van der Waals surface area contributed by atoms with E-state index in [0.29, 0.717) is 17.7 Å². The number of hydrogen-bond acceptors (Lipinski definition) is 3. The first-order valence-corrected chi connectivity index (χ1v) is 9.71. The van der Waals surface area contributed by atoms with E-state index < -0.39 is 29.4 Å². The first-order valence-electron chi connectivity index (χ1n) is 9.71. The van der Waals surface area contributed by atoms with Crippen molar-refractivity contribution in [2.45, 2.75) is 25.7 Å². The molecule has 1 aliphatic rings. The van der Waals surface area contributed by atoms with Gasteiger partial charge in [0.15, 0.2) is 0 Å². The van der Waals surface area contributed by atoms with Gasteiger partial charge >= 0.3 is 6.18 Å². The summed E-state index contributed by atoms with van der Waals surface area (Å²) in [6.07, 6.45) is -4.52. The molecule has 3 rings (SSSR count). The third-order valence-electron chi connectivity index (χ3n) is 5.02. The third kappa shape index (κ3) is 5.81. The molecule has 0 bridgehead atoms. The van der Waals surface area contributed by atoms with Crippen molar-refractivity contribution < 1.29 is 27.2 Å². The monoisotopic (exact) mass is 437 g/mol. The van der Waals surface area contributed by atoms with Crippen molar-refractivity contribution in [3.05, 3.63) is 65.0 Å². The van der Waals surface area contributed by atoms with E-state index in [-0.39, 0.29) is 31.1 Å². The molecule has 0 aromatic heterocycles. The van der Waals surface area contributed by atoms with E-state index in [0.717, 1.165) is 12.1 Å². The molecule has 2 aromatic carbocycles. The summed E-state index contributed by atoms with van der Waals surface area (Å²) >= 11 is 0. The minimum absolute atomic E-state index is 0.0135. The molecule has 0 spiro atoms. The zero-order chi connectivity index (χ0) is 22.8. The zero-order valence-corrected chi connectivity index (χ0v) is 17.2. The van der Waals surface area contributed by atoms with E-state index in [1.54, 1.807) is 12.1 Å². The summed E-state index contributed by atoms with van der Waals surface area (Å²) in [5.41, 5.74) is 0.327. The predicted molar refractivity (Wildman–Crippen MR) is 107 cm³/mol. The van der Waals surface area contributed by atoms with Crippen LogP contribution in [0, 0.1) is 11.7 Å². The molecule has 1 fully saturated rings. The maximum Gasteiger partial charge on any atom is 0.416 e. The van der Waals surface area contributed by atoms with Crippen LogP contribution in [-0.2, 0) is 28.9 Å². The van der Waals surface area contributed by atoms with Gasteiger partial charge in [0.1, 0.15) is 5.82 Å². The second-order valence-corrected chi connectivity index (χ2v) is 7.91. The molecule has 0 aliphatic carbocycles. The number of carbonyl (C=O) groups excluding carboxylic acids is 2. The van der Waals surface area contributed by atoms with Gasteiger partial charge in [0.05, 0.1) is 11.5 Å². The summed E-state index contributed by atoms with van der Waals surface area (Å²) in [6.45, 7) is 0.490. The number of nitrogens with zero attached hydrogens (tertiary/aromatic N) is 2. The molecule has 0 saturated carbocycles. The van der Waals surface area contributed by atoms with Gasteiger partial charge in [-0.15, -0.1) is 0 Å². The van der Waals surface area contributed by atoms with Crippen molar-refractivity contribution in [3.8, 4) is 0 Å². The summed E-state index contributed by atoms with van der Waals surface area (Å²) in [6, 6.07) is 9.17. The summed E-state index contributed by atoms with van der Waals surface area (Å²) < 4.78 is 52.9. The molecule has 166 valence electrons. The first kappa shape index (κ1) is 22.7. The van der Waals surface area contributed by atoms with Crippen LogP contribution < -0.4 is 5.32 Å². The molecule has 1 N–H and O–H groups in total. The van der Waals surface area contributed by atoms with Gasteiger partial charge in [-0.3, -0.25) is 9.59 Å². The standard InChI is InChI=1S/C22H23F4N3O2/c1-28(2)12-15-6-7-18(10-19(15)23)27-21(31)16-9-20(30)29(13-16)11-14-4-3-5-17(8-14)22(24,25)26/h3-8,10,16H,9,11-13H2,1-2H3,(H,27,31)/t16-/m0/s1. The third-order valence-corrected chi connectivity index (χ3v) is 5.02. The van der Waals surface area contributed by atoms with Crippen LogP contribution in [0.25, 0.3) is 0 Å². The number of alkyl halides is 3. The zero-order valence-electron chi connectivity index (χ0n) is 17.2. The number of nitrogens with one attached hydrogen (secondary N) is 1. The second-order valence-electron chi connectivity index (χ2n) is 7.91. The van der Waals surface area contributed by atoms with E-state index in [1.165, 1.54) is 23.1 Å². The van der Waals surface area contributed by atoms with Gasteiger partial charge in [-0.05, 0) is 43.9 Å². The number of benzene rings is 2. The number of anilines is 1. The molecule has 0 unspecified atom stereocenters. The Labute approximate surface area is 177 Å². The first-order chi connectivity index (χ1) is 14.5. The summed E-state index contributed by atoms with van der Waals surface area (Å²) in [7, 11) is 3.63. The Kier molecular flexibility index (Phi) is 6.64. The highest BCUT2D eigenvalue weighted by Crippen LogP contribution is 2.30. The Morgan fingerprint density at radius 2 is 1.94 bits per heavy atom. The van der Waals surface area contributed by atoms with Gasteiger partial charge in [-0.2, -0.15) is 13.2 Å². The summed E-state index contributed by atoms with van der Waals surface area (Å²) in [5.74, 6) is -1.85. The fourth-order valence-electron chi connectivity index (χ4n) is 3.51. The van der Waals surface area contributed by atoms with Crippen molar-refractivity contribution >= 4 is 17.5 Å². The van der Waals surface area contributed by atoms with E-state index in [9.17, 15) is 27.2 Å². The molecule has 2 amide bonds. The van der Waals surface area contributed by atoms with Crippen molar-refractivity contribution in [1.29, 1.82) is 0 Å². The molecule has 1 aliphatic heterocycles. The maximum absolute atomic E-state index is 14.2. The highest BCUT2D eigenvalue weighted by atomic mass is 19.4. The number of amides is 2. The van der Waals surface area contributed by atoms with Crippen molar-refractivity contribution in [3.63, 3.8) is 0 Å². The van der Waals surface area contributed by atoms with Crippen LogP contribution in [-0.4, -0.2) is 42.3 Å². The van der Waals surface area contributed by atoms with Gasteiger partial charge in [0.25, 0.3) is 0 Å². The largest absolute Gasteiger partial charge is 0.416 e. The molecular weight excluding hydrogens is 414 g/mol. The lowest BCUT2D eigenvalue weighted by molar-refractivity contribution is -0.137. The fourth-order valence-corrected chi connectivity index (χ4v) is 3.51. The van der Waals surface area contributed by atoms with Crippen LogP contribution >= 0.6 is 0 Å². The average molecular weight is 437 g/mol. The molecule has 1 heterocycles. The molecule has 1 atom stereocenters. The lowest BCUT2D eigenvalue weighted by atomic mass is 10.1. The molecule has 2 aromatic rings. The molecule has 9 heteroatoms. The van der Waals surface area contributed by atoms with E-state index in [4.69, 9.17) is 0 Å². The minimum atomic E-state index is -4.47. The topological polar surface area (TPSA) is 52.7 Å². The van der Waals surface area contributed by atoms with E-state index in [2.05, 4.69) is 5.32 Å². The van der Waals surface area contributed by atoms with Crippen LogP contribution in [0.1, 0.15) is 23.1 Å². The molecule has 1 saturated heterocycles. The molecule has 0 radical (unpaired) electrons. The maximum atomic E-state index is 14.2. The quantitative estimate of drug-likeness (QED) is 0.698. The molecule has 5 nitrogen and oxygen atoms in total. The minimum Gasteiger partial charge on any atom is -0.338 e. The van der Waals surface area contributed by atoms with E-state index in [1.807, 2.05) is 19.0 Å². The predicted octanol–water partition coefficient (Wildman–Crippen LogP) is 3.89. The Morgan fingerprint density at radius 1 is 1.19 bits per heavy atom. The van der Waals surface area contributed by atoms with E-state index >= 15 is 0 Å². The van der Waals surface area contributed by atoms with Crippen LogP contribution in [0.15, 0.2) is 42.5 Å². The van der Waals surface area contributed by atoms with Gasteiger partial charge < -0.3 is 15.1 Å². The highest BCUT2D eigenvalue weighted by Gasteiger charge is 2.35. The highest BCUT2D eigenvalue weighted by molar-refractivity contribution is 5.97. The molecule has 31 heavy (non-hydrogen) atoms. The number of carbonyl (C=O) groups is 2. The van der Waals surface area contributed by atoms with Crippen molar-refractivity contribution in [2.75, 3.05) is 26.0 Å². The number of likely N-dealkylation sites (tertiary alicyclic amines) is 1. The van der Waals surface area contributed by atoms with Gasteiger partial charge in [0, 0.05) is 37.3 Å². The van der Waals surface area contributed by atoms with Crippen LogP contribution in [0.4, 0.5) is 23.2 Å². The van der Waals surface area contributed by atoms with Gasteiger partial charge in [-0.1, -0.05) is 18.2 Å². The average Bonchev–Trinajstić information content (AvgIpc) is 3.04. The smallest absolute Gasteiger partial charge is 0.338 e. The Hall–Kier alpha value is -2.94. The number of rotatable bonds is 6. The lowest BCUT2D eigenvalue weighted by Gasteiger charge is -2.18. The fraction of sp³-hybridized carbons (Fsp3) is 0.364. The van der Waals surface area contributed by atoms with Crippen LogP contribution in [0.5, 0.6) is 0 Å². The Balaban J connectivity index is 1.62. The molecular formula is C22H23F4N3O2. The summed E-state index contributed by atoms with van der Waals surface area (Å²) in [4.78, 5) is 28.0. The van der Waals surface area contributed by atoms with Crippen molar-refractivity contribution in [1.82, 2.24) is 9.80 Å². The van der Waals surface area contributed by atoms with Crippen LogP contribution in [0.2, 0.25) is 0 Å².